The average Bonchev–Trinajstić information content (AvgIpc) is 2.21. The fourth-order valence-electron chi connectivity index (χ4n) is 4.29. The number of hydrogen-bond acceptors (Lipinski definition) is 3. The SMILES string of the molecule is CC1(O)CC=C2C(C)(C)C(O)CCC2(C)C1C(=O)O. The van der Waals surface area contributed by atoms with Crippen LogP contribution in [0.2, 0.25) is 0 Å². The molecule has 1 saturated carbocycles. The van der Waals surface area contributed by atoms with Crippen molar-refractivity contribution < 1.29 is 20.1 Å². The minimum Gasteiger partial charge on any atom is -0.481 e. The summed E-state index contributed by atoms with van der Waals surface area (Å²) in [6.07, 6.45) is 2.98. The number of aliphatic carboxylic acids is 1. The van der Waals surface area contributed by atoms with Gasteiger partial charge >= 0.3 is 5.97 Å². The zero-order valence-electron chi connectivity index (χ0n) is 12.1. The van der Waals surface area contributed by atoms with E-state index < -0.39 is 34.4 Å². The summed E-state index contributed by atoms with van der Waals surface area (Å²) in [4.78, 5) is 11.7. The molecule has 19 heavy (non-hydrogen) atoms. The van der Waals surface area contributed by atoms with Crippen molar-refractivity contribution in [2.45, 2.75) is 58.7 Å². The Hall–Kier alpha value is -0.870. The molecular formula is C15H24O4. The van der Waals surface area contributed by atoms with Gasteiger partial charge in [0, 0.05) is 10.8 Å². The monoisotopic (exact) mass is 268 g/mol. The molecule has 0 saturated heterocycles. The lowest BCUT2D eigenvalue weighted by atomic mass is 9.49. The minimum absolute atomic E-state index is 0.324. The van der Waals surface area contributed by atoms with Crippen LogP contribution >= 0.6 is 0 Å². The van der Waals surface area contributed by atoms with E-state index >= 15 is 0 Å². The fraction of sp³-hybridized carbons (Fsp3) is 0.800. The molecule has 0 spiro atoms. The van der Waals surface area contributed by atoms with Crippen molar-refractivity contribution >= 4 is 5.97 Å². The maximum atomic E-state index is 11.7. The topological polar surface area (TPSA) is 77.8 Å². The Morgan fingerprint density at radius 2 is 1.89 bits per heavy atom. The van der Waals surface area contributed by atoms with Gasteiger partial charge in [-0.25, -0.2) is 0 Å². The molecule has 0 radical (unpaired) electrons. The van der Waals surface area contributed by atoms with E-state index in [2.05, 4.69) is 0 Å². The van der Waals surface area contributed by atoms with Gasteiger partial charge in [0.2, 0.25) is 0 Å². The Morgan fingerprint density at radius 3 is 2.42 bits per heavy atom. The van der Waals surface area contributed by atoms with Gasteiger partial charge < -0.3 is 15.3 Å². The second kappa shape index (κ2) is 4.06. The highest BCUT2D eigenvalue weighted by Gasteiger charge is 2.59. The van der Waals surface area contributed by atoms with Crippen molar-refractivity contribution in [1.29, 1.82) is 0 Å². The highest BCUT2D eigenvalue weighted by atomic mass is 16.4. The van der Waals surface area contributed by atoms with Crippen LogP contribution in [0.5, 0.6) is 0 Å². The van der Waals surface area contributed by atoms with Crippen molar-refractivity contribution in [3.05, 3.63) is 11.6 Å². The van der Waals surface area contributed by atoms with Gasteiger partial charge in [0.1, 0.15) is 0 Å². The lowest BCUT2D eigenvalue weighted by Crippen LogP contribution is -2.57. The van der Waals surface area contributed by atoms with E-state index in [1.165, 1.54) is 0 Å². The van der Waals surface area contributed by atoms with E-state index in [0.29, 0.717) is 19.3 Å². The molecule has 4 heteroatoms. The van der Waals surface area contributed by atoms with Crippen molar-refractivity contribution in [3.63, 3.8) is 0 Å². The van der Waals surface area contributed by atoms with E-state index in [0.717, 1.165) is 5.57 Å². The van der Waals surface area contributed by atoms with Crippen LogP contribution in [-0.4, -0.2) is 33.0 Å². The number of carboxylic acid groups (broad SMARTS) is 1. The summed E-state index contributed by atoms with van der Waals surface area (Å²) in [6.45, 7) is 7.43. The van der Waals surface area contributed by atoms with Gasteiger partial charge in [0.15, 0.2) is 0 Å². The van der Waals surface area contributed by atoms with Gasteiger partial charge in [0.25, 0.3) is 0 Å². The number of carbonyl (C=O) groups is 1. The summed E-state index contributed by atoms with van der Waals surface area (Å²) in [5.41, 5.74) is -1.27. The summed E-state index contributed by atoms with van der Waals surface area (Å²) >= 11 is 0. The predicted molar refractivity (Wildman–Crippen MR) is 71.6 cm³/mol. The van der Waals surface area contributed by atoms with Gasteiger partial charge in [-0.2, -0.15) is 0 Å². The van der Waals surface area contributed by atoms with Crippen LogP contribution in [0.15, 0.2) is 11.6 Å². The number of carboxylic acids is 1. The van der Waals surface area contributed by atoms with Crippen molar-refractivity contribution in [2.24, 2.45) is 16.7 Å². The molecule has 2 aliphatic carbocycles. The average molecular weight is 268 g/mol. The van der Waals surface area contributed by atoms with E-state index in [1.807, 2.05) is 26.8 Å². The van der Waals surface area contributed by atoms with Crippen LogP contribution < -0.4 is 0 Å². The zero-order chi connectivity index (χ0) is 14.6. The van der Waals surface area contributed by atoms with Crippen molar-refractivity contribution in [3.8, 4) is 0 Å². The highest BCUT2D eigenvalue weighted by molar-refractivity contribution is 5.74. The Morgan fingerprint density at radius 1 is 1.32 bits per heavy atom. The molecule has 2 rings (SSSR count). The standard InChI is InChI=1S/C15H24O4/c1-13(2)9-5-8-15(4,19)11(12(17)18)14(9,3)7-6-10(13)16/h5,10-11,16,19H,6-8H2,1-4H3,(H,17,18). The first kappa shape index (κ1) is 14.5. The second-order valence-electron chi connectivity index (χ2n) is 7.14. The van der Waals surface area contributed by atoms with Gasteiger partial charge in [-0.15, -0.1) is 0 Å². The second-order valence-corrected chi connectivity index (χ2v) is 7.14. The molecule has 0 amide bonds. The smallest absolute Gasteiger partial charge is 0.310 e. The molecule has 4 nitrogen and oxygen atoms in total. The number of aliphatic hydroxyl groups excluding tert-OH is 1. The Kier molecular flexibility index (Phi) is 3.11. The first-order valence-electron chi connectivity index (χ1n) is 6.88. The molecule has 0 aromatic rings. The molecule has 0 aromatic carbocycles. The van der Waals surface area contributed by atoms with Gasteiger partial charge in [-0.1, -0.05) is 32.4 Å². The summed E-state index contributed by atoms with van der Waals surface area (Å²) in [5.74, 6) is -1.78. The summed E-state index contributed by atoms with van der Waals surface area (Å²) < 4.78 is 0. The first-order valence-corrected chi connectivity index (χ1v) is 6.88. The lowest BCUT2D eigenvalue weighted by Gasteiger charge is -2.56. The number of fused-ring (bicyclic) bond motifs is 1. The molecule has 108 valence electrons. The van der Waals surface area contributed by atoms with E-state index in [9.17, 15) is 20.1 Å². The third kappa shape index (κ3) is 1.93. The summed E-state index contributed by atoms with van der Waals surface area (Å²) in [6, 6.07) is 0. The molecule has 3 N–H and O–H groups in total. The van der Waals surface area contributed by atoms with Gasteiger partial charge in [-0.3, -0.25) is 4.79 Å². The summed E-state index contributed by atoms with van der Waals surface area (Å²) in [7, 11) is 0. The lowest BCUT2D eigenvalue weighted by molar-refractivity contribution is -0.165. The highest BCUT2D eigenvalue weighted by Crippen LogP contribution is 2.59. The maximum Gasteiger partial charge on any atom is 0.310 e. The Balaban J connectivity index is 2.57. The van der Waals surface area contributed by atoms with Crippen molar-refractivity contribution in [2.75, 3.05) is 0 Å². The third-order valence-electron chi connectivity index (χ3n) is 5.31. The molecule has 4 unspecified atom stereocenters. The van der Waals surface area contributed by atoms with Crippen LogP contribution in [0.4, 0.5) is 0 Å². The Labute approximate surface area is 114 Å². The fourth-order valence-corrected chi connectivity index (χ4v) is 4.29. The molecular weight excluding hydrogens is 244 g/mol. The first-order chi connectivity index (χ1) is 8.53. The van der Waals surface area contributed by atoms with Crippen LogP contribution in [-0.2, 0) is 4.79 Å². The Bertz CT molecular complexity index is 435. The van der Waals surface area contributed by atoms with Crippen molar-refractivity contribution in [1.82, 2.24) is 0 Å². The predicted octanol–water partition coefficient (Wildman–Crippen LogP) is 1.96. The van der Waals surface area contributed by atoms with Gasteiger partial charge in [0.05, 0.1) is 17.6 Å². The molecule has 4 atom stereocenters. The van der Waals surface area contributed by atoms with Crippen LogP contribution in [0.25, 0.3) is 0 Å². The van der Waals surface area contributed by atoms with E-state index in [4.69, 9.17) is 0 Å². The van der Waals surface area contributed by atoms with Crippen LogP contribution in [0, 0.1) is 16.7 Å². The maximum absolute atomic E-state index is 11.7. The molecule has 1 fully saturated rings. The van der Waals surface area contributed by atoms with E-state index in [1.54, 1.807) is 6.92 Å². The minimum atomic E-state index is -1.23. The zero-order valence-corrected chi connectivity index (χ0v) is 12.1. The largest absolute Gasteiger partial charge is 0.481 e. The number of rotatable bonds is 1. The molecule has 2 aliphatic rings. The van der Waals surface area contributed by atoms with Crippen LogP contribution in [0.1, 0.15) is 47.0 Å². The molecule has 0 aliphatic heterocycles. The molecule has 0 aromatic heterocycles. The summed E-state index contributed by atoms with van der Waals surface area (Å²) in [5, 5.41) is 30.2. The quantitative estimate of drug-likeness (QED) is 0.635. The molecule has 0 heterocycles. The third-order valence-corrected chi connectivity index (χ3v) is 5.31. The van der Waals surface area contributed by atoms with E-state index in [-0.39, 0.29) is 0 Å². The molecule has 0 bridgehead atoms. The number of hydrogen-bond donors (Lipinski definition) is 3. The van der Waals surface area contributed by atoms with Gasteiger partial charge in [-0.05, 0) is 26.2 Å². The number of aliphatic hydroxyl groups is 2. The normalized spacial score (nSPS) is 45.3. The van der Waals surface area contributed by atoms with Crippen LogP contribution in [0.3, 0.4) is 0 Å².